The van der Waals surface area contributed by atoms with Crippen molar-refractivity contribution < 1.29 is 8.81 Å². The van der Waals surface area contributed by atoms with E-state index in [2.05, 4.69) is 26.1 Å². The molecule has 0 aliphatic rings. The van der Waals surface area contributed by atoms with Crippen molar-refractivity contribution in [2.75, 3.05) is 0 Å². The van der Waals surface area contributed by atoms with Crippen LogP contribution in [0.25, 0.3) is 11.5 Å². The van der Waals surface area contributed by atoms with Crippen LogP contribution in [0.5, 0.6) is 0 Å². The van der Waals surface area contributed by atoms with Gasteiger partial charge in [-0.05, 0) is 34.5 Å². The molecule has 3 nitrogen and oxygen atoms in total. The fraction of sp³-hybridized carbons (Fsp3) is 0.273. The van der Waals surface area contributed by atoms with Crippen molar-refractivity contribution in [1.82, 2.24) is 10.2 Å². The zero-order chi connectivity index (χ0) is 11.5. The molecule has 0 radical (unpaired) electrons. The number of hydrogen-bond donors (Lipinski definition) is 0. The summed E-state index contributed by atoms with van der Waals surface area (Å²) in [5.74, 6) is 0.383. The summed E-state index contributed by atoms with van der Waals surface area (Å²) in [4.78, 5) is 0. The van der Waals surface area contributed by atoms with E-state index >= 15 is 0 Å². The molecule has 0 amide bonds. The van der Waals surface area contributed by atoms with Crippen molar-refractivity contribution in [2.45, 2.75) is 19.8 Å². The van der Waals surface area contributed by atoms with E-state index in [9.17, 15) is 4.39 Å². The van der Waals surface area contributed by atoms with Crippen molar-refractivity contribution in [3.05, 3.63) is 34.4 Å². The van der Waals surface area contributed by atoms with Crippen LogP contribution in [0.4, 0.5) is 4.39 Å². The highest BCUT2D eigenvalue weighted by Crippen LogP contribution is 2.26. The molecule has 1 aromatic carbocycles. The largest absolute Gasteiger partial charge is 0.421 e. The van der Waals surface area contributed by atoms with Crippen LogP contribution in [-0.4, -0.2) is 10.2 Å². The number of benzene rings is 1. The van der Waals surface area contributed by atoms with Gasteiger partial charge < -0.3 is 4.42 Å². The fourth-order valence-electron chi connectivity index (χ4n) is 1.35. The molecule has 0 spiro atoms. The van der Waals surface area contributed by atoms with Crippen LogP contribution in [0.1, 0.15) is 19.2 Å². The quantitative estimate of drug-likeness (QED) is 0.865. The molecule has 0 aliphatic heterocycles. The average molecular weight is 285 g/mol. The van der Waals surface area contributed by atoms with Crippen LogP contribution in [0.15, 0.2) is 27.1 Å². The van der Waals surface area contributed by atoms with Gasteiger partial charge in [0.25, 0.3) is 5.89 Å². The van der Waals surface area contributed by atoms with Gasteiger partial charge in [0.1, 0.15) is 5.82 Å². The molecule has 0 N–H and O–H groups in total. The molecule has 2 aromatic rings. The Morgan fingerprint density at radius 2 is 2.19 bits per heavy atom. The first-order valence-corrected chi connectivity index (χ1v) is 5.78. The number of hydrogen-bond acceptors (Lipinski definition) is 3. The molecule has 0 bridgehead atoms. The summed E-state index contributed by atoms with van der Waals surface area (Å²) in [5, 5.41) is 7.68. The van der Waals surface area contributed by atoms with E-state index in [1.165, 1.54) is 0 Å². The smallest absolute Gasteiger partial charge is 0.250 e. The fourth-order valence-corrected chi connectivity index (χ4v) is 1.71. The van der Waals surface area contributed by atoms with Gasteiger partial charge in [-0.25, -0.2) is 4.39 Å². The number of halogens is 2. The molecular weight excluding hydrogens is 275 g/mol. The molecule has 2 rings (SSSR count). The van der Waals surface area contributed by atoms with Gasteiger partial charge in [0.2, 0.25) is 5.89 Å². The van der Waals surface area contributed by atoms with Crippen LogP contribution in [0.3, 0.4) is 0 Å². The highest BCUT2D eigenvalue weighted by atomic mass is 79.9. The standard InChI is InChI=1S/C11H10BrFN2O/c1-2-4-9-14-15-11(16-9)7-5-3-6-8(12)10(7)13/h3,5-6H,2,4H2,1H3. The summed E-state index contributed by atoms with van der Waals surface area (Å²) in [6, 6.07) is 4.97. The second-order valence-corrected chi connectivity index (χ2v) is 4.21. The molecule has 0 fully saturated rings. The number of aromatic nitrogens is 2. The topological polar surface area (TPSA) is 38.9 Å². The molecule has 0 saturated carbocycles. The van der Waals surface area contributed by atoms with Crippen LogP contribution in [0.2, 0.25) is 0 Å². The lowest BCUT2D eigenvalue weighted by Crippen LogP contribution is -1.85. The third kappa shape index (κ3) is 2.14. The van der Waals surface area contributed by atoms with Gasteiger partial charge in [0.15, 0.2) is 0 Å². The molecule has 1 heterocycles. The molecule has 0 atom stereocenters. The predicted octanol–water partition coefficient (Wildman–Crippen LogP) is 3.59. The van der Waals surface area contributed by atoms with Gasteiger partial charge >= 0.3 is 0 Å². The van der Waals surface area contributed by atoms with Crippen LogP contribution < -0.4 is 0 Å². The maximum atomic E-state index is 13.7. The Morgan fingerprint density at radius 1 is 1.38 bits per heavy atom. The van der Waals surface area contributed by atoms with Crippen molar-refractivity contribution in [3.63, 3.8) is 0 Å². The lowest BCUT2D eigenvalue weighted by molar-refractivity contribution is 0.498. The first-order chi connectivity index (χ1) is 7.72. The first kappa shape index (κ1) is 11.3. The van der Waals surface area contributed by atoms with Crippen molar-refractivity contribution in [1.29, 1.82) is 0 Å². The van der Waals surface area contributed by atoms with Gasteiger partial charge in [-0.2, -0.15) is 0 Å². The van der Waals surface area contributed by atoms with Crippen molar-refractivity contribution in [3.8, 4) is 11.5 Å². The summed E-state index contributed by atoms with van der Waals surface area (Å²) in [6.45, 7) is 2.02. The van der Waals surface area contributed by atoms with Gasteiger partial charge in [0.05, 0.1) is 10.0 Å². The van der Waals surface area contributed by atoms with E-state index in [-0.39, 0.29) is 11.7 Å². The van der Waals surface area contributed by atoms with Gasteiger partial charge in [-0.1, -0.05) is 13.0 Å². The molecule has 0 aliphatic carbocycles. The zero-order valence-electron chi connectivity index (χ0n) is 8.70. The maximum absolute atomic E-state index is 13.7. The molecule has 84 valence electrons. The summed E-state index contributed by atoms with van der Waals surface area (Å²) in [5.41, 5.74) is 0.323. The minimum atomic E-state index is -0.380. The summed E-state index contributed by atoms with van der Waals surface area (Å²) >= 11 is 3.12. The Labute approximate surface area is 101 Å². The van der Waals surface area contributed by atoms with Crippen LogP contribution in [0, 0.1) is 5.82 Å². The number of rotatable bonds is 3. The zero-order valence-corrected chi connectivity index (χ0v) is 10.3. The number of nitrogens with zero attached hydrogens (tertiary/aromatic N) is 2. The number of aryl methyl sites for hydroxylation is 1. The SMILES string of the molecule is CCCc1nnc(-c2cccc(Br)c2F)o1. The van der Waals surface area contributed by atoms with E-state index in [0.717, 1.165) is 6.42 Å². The Hall–Kier alpha value is -1.23. The van der Waals surface area contributed by atoms with E-state index < -0.39 is 0 Å². The average Bonchev–Trinajstić information content (AvgIpc) is 2.71. The first-order valence-electron chi connectivity index (χ1n) is 4.99. The molecule has 1 aromatic heterocycles. The molecule has 16 heavy (non-hydrogen) atoms. The van der Waals surface area contributed by atoms with E-state index in [1.807, 2.05) is 6.92 Å². The monoisotopic (exact) mass is 284 g/mol. The minimum Gasteiger partial charge on any atom is -0.421 e. The third-order valence-corrected chi connectivity index (χ3v) is 2.73. The van der Waals surface area contributed by atoms with Gasteiger partial charge in [-0.15, -0.1) is 10.2 Å². The highest BCUT2D eigenvalue weighted by molar-refractivity contribution is 9.10. The summed E-state index contributed by atoms with van der Waals surface area (Å²) in [6.07, 6.45) is 1.63. The van der Waals surface area contributed by atoms with E-state index in [4.69, 9.17) is 4.42 Å². The predicted molar refractivity (Wildman–Crippen MR) is 61.4 cm³/mol. The second kappa shape index (κ2) is 4.74. The van der Waals surface area contributed by atoms with E-state index in [0.29, 0.717) is 22.3 Å². The van der Waals surface area contributed by atoms with E-state index in [1.54, 1.807) is 18.2 Å². The van der Waals surface area contributed by atoms with Gasteiger partial charge in [-0.3, -0.25) is 0 Å². The van der Waals surface area contributed by atoms with Crippen LogP contribution in [-0.2, 0) is 6.42 Å². The Bertz CT molecular complexity index is 498. The molecule has 0 saturated heterocycles. The second-order valence-electron chi connectivity index (χ2n) is 3.35. The van der Waals surface area contributed by atoms with Crippen molar-refractivity contribution >= 4 is 15.9 Å². The Morgan fingerprint density at radius 3 is 2.94 bits per heavy atom. The minimum absolute atomic E-state index is 0.224. The lowest BCUT2D eigenvalue weighted by Gasteiger charge is -1.98. The molecular formula is C11H10BrFN2O. The lowest BCUT2D eigenvalue weighted by atomic mass is 10.2. The van der Waals surface area contributed by atoms with Crippen molar-refractivity contribution in [2.24, 2.45) is 0 Å². The summed E-state index contributed by atoms with van der Waals surface area (Å²) < 4.78 is 19.5. The normalized spacial score (nSPS) is 10.7. The van der Waals surface area contributed by atoms with Gasteiger partial charge in [0, 0.05) is 6.42 Å². The summed E-state index contributed by atoms with van der Waals surface area (Å²) in [7, 11) is 0. The maximum Gasteiger partial charge on any atom is 0.250 e. The molecule has 5 heteroatoms. The van der Waals surface area contributed by atoms with Crippen LogP contribution >= 0.6 is 15.9 Å². The Balaban J connectivity index is 2.39. The molecule has 0 unspecified atom stereocenters. The Kier molecular flexibility index (Phi) is 3.33. The highest BCUT2D eigenvalue weighted by Gasteiger charge is 2.14. The third-order valence-electron chi connectivity index (χ3n) is 2.11.